The summed E-state index contributed by atoms with van der Waals surface area (Å²) >= 11 is 0. The molecule has 0 N–H and O–H groups in total. The van der Waals surface area contributed by atoms with Crippen LogP contribution in [-0.4, -0.2) is 18.9 Å². The monoisotopic (exact) mass is 350 g/mol. The molecular weight excluding hydrogens is 339 g/mol. The smallest absolute Gasteiger partial charge is 0.744 e. The predicted octanol–water partition coefficient (Wildman–Crippen LogP) is -0.0329. The zero-order valence-electron chi connectivity index (χ0n) is 12.8. The van der Waals surface area contributed by atoms with Gasteiger partial charge in [0.25, 0.3) is 0 Å². The third-order valence-electron chi connectivity index (χ3n) is 3.29. The van der Waals surface area contributed by atoms with E-state index < -0.39 is 16.1 Å². The molecule has 5 nitrogen and oxygen atoms in total. The number of ether oxygens (including phenoxy) is 1. The second-order valence-corrected chi connectivity index (χ2v) is 6.26. The van der Waals surface area contributed by atoms with E-state index in [0.717, 1.165) is 0 Å². The summed E-state index contributed by atoms with van der Waals surface area (Å²) < 4.78 is 38.4. The molecule has 3 aromatic carbocycles. The molecule has 0 radical (unpaired) electrons. The third-order valence-corrected chi connectivity index (χ3v) is 4.12. The van der Waals surface area contributed by atoms with Gasteiger partial charge >= 0.3 is 35.5 Å². The molecule has 7 heteroatoms. The summed E-state index contributed by atoms with van der Waals surface area (Å²) in [7, 11) is -4.49. The van der Waals surface area contributed by atoms with Gasteiger partial charge in [-0.2, -0.15) is 0 Å². The average molecular weight is 350 g/mol. The molecule has 0 saturated heterocycles. The molecule has 24 heavy (non-hydrogen) atoms. The zero-order chi connectivity index (χ0) is 16.4. The van der Waals surface area contributed by atoms with Crippen LogP contribution < -0.4 is 34.3 Å². The van der Waals surface area contributed by atoms with E-state index in [0.29, 0.717) is 22.1 Å². The Labute approximate surface area is 161 Å². The van der Waals surface area contributed by atoms with E-state index in [1.165, 1.54) is 18.2 Å². The van der Waals surface area contributed by atoms with Crippen LogP contribution in [0.15, 0.2) is 71.6 Å². The summed E-state index contributed by atoms with van der Waals surface area (Å²) in [6.45, 7) is 0. The molecule has 0 spiro atoms. The maximum atomic E-state index is 12.0. The molecule has 0 bridgehead atoms. The second-order valence-electron chi connectivity index (χ2n) is 4.88. The van der Waals surface area contributed by atoms with Crippen molar-refractivity contribution in [2.24, 2.45) is 0 Å². The topological polar surface area (TPSA) is 83.5 Å². The van der Waals surface area contributed by atoms with Gasteiger partial charge in [0, 0.05) is 0 Å². The molecule has 0 aromatic heterocycles. The molecule has 0 atom stereocenters. The summed E-state index contributed by atoms with van der Waals surface area (Å²) in [4.78, 5) is 11.7. The fourth-order valence-electron chi connectivity index (χ4n) is 2.16. The van der Waals surface area contributed by atoms with Gasteiger partial charge < -0.3 is 9.29 Å². The maximum Gasteiger partial charge on any atom is 1.00 e. The fourth-order valence-corrected chi connectivity index (χ4v) is 2.67. The second kappa shape index (κ2) is 7.46. The zero-order valence-corrected chi connectivity index (χ0v) is 15.6. The van der Waals surface area contributed by atoms with E-state index in [1.54, 1.807) is 48.5 Å². The van der Waals surface area contributed by atoms with Gasteiger partial charge in [0.05, 0.1) is 10.5 Å². The van der Waals surface area contributed by atoms with Crippen LogP contribution in [-0.2, 0) is 10.1 Å². The van der Waals surface area contributed by atoms with E-state index in [9.17, 15) is 17.8 Å². The molecule has 0 aliphatic rings. The van der Waals surface area contributed by atoms with Crippen LogP contribution in [0.3, 0.4) is 0 Å². The van der Waals surface area contributed by atoms with Gasteiger partial charge in [-0.15, -0.1) is 0 Å². The predicted molar refractivity (Wildman–Crippen MR) is 83.3 cm³/mol. The molecule has 0 heterocycles. The molecule has 0 unspecified atom stereocenters. The van der Waals surface area contributed by atoms with Crippen molar-refractivity contribution in [2.45, 2.75) is 4.90 Å². The SMILES string of the molecule is O=C(Oc1ccc2cc(S(=O)(=O)[O-])ccc2c1)c1ccccc1.[Na+]. The van der Waals surface area contributed by atoms with Gasteiger partial charge in [-0.05, 0) is 47.2 Å². The first kappa shape index (κ1) is 18.6. The van der Waals surface area contributed by atoms with Gasteiger partial charge in [0.15, 0.2) is 0 Å². The van der Waals surface area contributed by atoms with Crippen LogP contribution in [0.5, 0.6) is 5.75 Å². The van der Waals surface area contributed by atoms with Gasteiger partial charge in [0.1, 0.15) is 15.9 Å². The number of carbonyl (C=O) groups is 1. The number of carbonyl (C=O) groups excluding carboxylic acids is 1. The molecule has 0 saturated carbocycles. The summed E-state index contributed by atoms with van der Waals surface area (Å²) in [5.74, 6) is -0.146. The Balaban J connectivity index is 0.00000208. The van der Waals surface area contributed by atoms with Gasteiger partial charge in [-0.1, -0.05) is 30.3 Å². The molecule has 3 rings (SSSR count). The van der Waals surface area contributed by atoms with Crippen molar-refractivity contribution in [1.82, 2.24) is 0 Å². The number of esters is 1. The summed E-state index contributed by atoms with van der Waals surface area (Å²) in [6, 6.07) is 17.3. The Hall–Kier alpha value is -1.70. The largest absolute Gasteiger partial charge is 1.00 e. The molecule has 3 aromatic rings. The number of hydrogen-bond donors (Lipinski definition) is 0. The van der Waals surface area contributed by atoms with Gasteiger partial charge in [-0.3, -0.25) is 0 Å². The van der Waals surface area contributed by atoms with Crippen molar-refractivity contribution < 1.29 is 52.1 Å². The minimum atomic E-state index is -4.49. The molecule has 0 fully saturated rings. The first-order chi connectivity index (χ1) is 10.9. The minimum Gasteiger partial charge on any atom is -0.744 e. The van der Waals surface area contributed by atoms with Crippen molar-refractivity contribution in [2.75, 3.05) is 0 Å². The number of fused-ring (bicyclic) bond motifs is 1. The first-order valence-electron chi connectivity index (χ1n) is 6.70. The maximum absolute atomic E-state index is 12.0. The van der Waals surface area contributed by atoms with E-state index in [2.05, 4.69) is 0 Å². The average Bonchev–Trinajstić information content (AvgIpc) is 2.54. The summed E-state index contributed by atoms with van der Waals surface area (Å²) in [5, 5.41) is 1.23. The Morgan fingerprint density at radius 3 is 2.17 bits per heavy atom. The molecular formula is C17H11NaO5S. The van der Waals surface area contributed by atoms with Crippen LogP contribution in [0.4, 0.5) is 0 Å². The van der Waals surface area contributed by atoms with Crippen molar-refractivity contribution >= 4 is 26.9 Å². The van der Waals surface area contributed by atoms with Crippen LogP contribution in [0.2, 0.25) is 0 Å². The van der Waals surface area contributed by atoms with Crippen LogP contribution >= 0.6 is 0 Å². The van der Waals surface area contributed by atoms with Crippen LogP contribution in [0.1, 0.15) is 10.4 Å². The first-order valence-corrected chi connectivity index (χ1v) is 8.11. The Bertz CT molecular complexity index is 984. The van der Waals surface area contributed by atoms with E-state index in [4.69, 9.17) is 4.74 Å². The minimum absolute atomic E-state index is 0. The summed E-state index contributed by atoms with van der Waals surface area (Å²) in [5.41, 5.74) is 0.431. The number of rotatable bonds is 3. The molecule has 0 amide bonds. The van der Waals surface area contributed by atoms with Crippen molar-refractivity contribution in [3.8, 4) is 5.75 Å². The quantitative estimate of drug-likeness (QED) is 0.287. The normalized spacial score (nSPS) is 10.9. The van der Waals surface area contributed by atoms with Gasteiger partial charge in [-0.25, -0.2) is 13.2 Å². The Morgan fingerprint density at radius 1 is 0.875 bits per heavy atom. The van der Waals surface area contributed by atoms with Crippen molar-refractivity contribution in [3.63, 3.8) is 0 Å². The van der Waals surface area contributed by atoms with E-state index in [-0.39, 0.29) is 34.5 Å². The number of hydrogen-bond acceptors (Lipinski definition) is 5. The van der Waals surface area contributed by atoms with Crippen molar-refractivity contribution in [1.29, 1.82) is 0 Å². The Morgan fingerprint density at radius 2 is 1.50 bits per heavy atom. The van der Waals surface area contributed by atoms with E-state index >= 15 is 0 Å². The Kier molecular flexibility index (Phi) is 5.79. The van der Waals surface area contributed by atoms with Crippen LogP contribution in [0.25, 0.3) is 10.8 Å². The fraction of sp³-hybridized carbons (Fsp3) is 0. The van der Waals surface area contributed by atoms with E-state index in [1.807, 2.05) is 0 Å². The van der Waals surface area contributed by atoms with Gasteiger partial charge in [0.2, 0.25) is 0 Å². The van der Waals surface area contributed by atoms with Crippen molar-refractivity contribution in [3.05, 3.63) is 72.3 Å². The summed E-state index contributed by atoms with van der Waals surface area (Å²) in [6.07, 6.45) is 0. The standard InChI is InChI=1S/C17H12O5S.Na/c18-17(12-4-2-1-3-5-12)22-15-8-6-14-11-16(23(19,20)21)9-7-13(14)10-15;/h1-11H,(H,19,20,21);/q;+1/p-1. The third kappa shape index (κ3) is 4.23. The van der Waals surface area contributed by atoms with Crippen LogP contribution in [0, 0.1) is 0 Å². The number of benzene rings is 3. The molecule has 0 aliphatic heterocycles. The molecule has 0 aliphatic carbocycles. The molecule has 116 valence electrons.